The maximum atomic E-state index is 12.0. The number of carbonyl (C=O) groups is 3. The molecule has 8 nitrogen and oxygen atoms in total. The summed E-state index contributed by atoms with van der Waals surface area (Å²) in [6.45, 7) is 3.03. The summed E-state index contributed by atoms with van der Waals surface area (Å²) < 4.78 is 0. The van der Waals surface area contributed by atoms with Crippen LogP contribution in [-0.4, -0.2) is 58.7 Å². The molecule has 0 aromatic rings. The molecule has 0 spiro atoms. The number of rotatable bonds is 4. The maximum Gasteiger partial charge on any atom is 0.353 e. The summed E-state index contributed by atoms with van der Waals surface area (Å²) in [7, 11) is 0. The highest BCUT2D eigenvalue weighted by Gasteiger charge is 2.33. The zero-order chi connectivity index (χ0) is 14.7. The fourth-order valence-corrected chi connectivity index (χ4v) is 2.22. The highest BCUT2D eigenvalue weighted by atomic mass is 16.6. The lowest BCUT2D eigenvalue weighted by Gasteiger charge is -2.21. The highest BCUT2D eigenvalue weighted by Crippen LogP contribution is 2.12. The summed E-state index contributed by atoms with van der Waals surface area (Å²) in [6, 6.07) is -0.655. The summed E-state index contributed by atoms with van der Waals surface area (Å²) >= 11 is 0. The largest absolute Gasteiger partial charge is 0.477 e. The first-order valence-corrected chi connectivity index (χ1v) is 6.54. The van der Waals surface area contributed by atoms with Gasteiger partial charge in [0.15, 0.2) is 5.71 Å². The van der Waals surface area contributed by atoms with Crippen LogP contribution < -0.4 is 5.32 Å². The Kier molecular flexibility index (Phi) is 4.21. The van der Waals surface area contributed by atoms with Crippen molar-refractivity contribution in [1.29, 1.82) is 0 Å². The molecule has 2 heterocycles. The second-order valence-electron chi connectivity index (χ2n) is 4.90. The van der Waals surface area contributed by atoms with E-state index >= 15 is 0 Å². The molecule has 1 saturated heterocycles. The van der Waals surface area contributed by atoms with Gasteiger partial charge in [-0.15, -0.1) is 0 Å². The zero-order valence-electron chi connectivity index (χ0n) is 11.2. The number of nitrogens with one attached hydrogen (secondary N) is 1. The minimum atomic E-state index is -1.21. The monoisotopic (exact) mass is 283 g/mol. The molecule has 0 bridgehead atoms. The molecule has 0 radical (unpaired) electrons. The third kappa shape index (κ3) is 3.06. The van der Waals surface area contributed by atoms with E-state index in [0.29, 0.717) is 13.1 Å². The standard InChI is InChI=1S/C12H17N3O5/c1-7(11(17)15-4-2-3-5-15)13-10(16)9-6-8(12(18)19)14-20-9/h7,9H,2-6H2,1H3,(H,13,16)(H,18,19). The van der Waals surface area contributed by atoms with Gasteiger partial charge in [-0.3, -0.25) is 9.59 Å². The van der Waals surface area contributed by atoms with Gasteiger partial charge in [0, 0.05) is 19.5 Å². The summed E-state index contributed by atoms with van der Waals surface area (Å²) in [5.41, 5.74) is -0.191. The molecule has 2 aliphatic rings. The molecule has 2 rings (SSSR count). The second-order valence-corrected chi connectivity index (χ2v) is 4.90. The van der Waals surface area contributed by atoms with Crippen molar-refractivity contribution in [2.24, 2.45) is 5.16 Å². The molecule has 0 aromatic heterocycles. The Morgan fingerprint density at radius 2 is 2.05 bits per heavy atom. The smallest absolute Gasteiger partial charge is 0.353 e. The molecular weight excluding hydrogens is 266 g/mol. The molecule has 110 valence electrons. The van der Waals surface area contributed by atoms with Gasteiger partial charge in [-0.25, -0.2) is 4.79 Å². The molecule has 0 aliphatic carbocycles. The van der Waals surface area contributed by atoms with Crippen LogP contribution in [-0.2, 0) is 19.2 Å². The Hall–Kier alpha value is -2.12. The van der Waals surface area contributed by atoms with Crippen molar-refractivity contribution in [1.82, 2.24) is 10.2 Å². The number of hydrogen-bond donors (Lipinski definition) is 2. The van der Waals surface area contributed by atoms with Gasteiger partial charge in [-0.1, -0.05) is 5.16 Å². The van der Waals surface area contributed by atoms with Crippen LogP contribution in [0.2, 0.25) is 0 Å². The van der Waals surface area contributed by atoms with Crippen molar-refractivity contribution < 1.29 is 24.3 Å². The van der Waals surface area contributed by atoms with E-state index in [1.54, 1.807) is 11.8 Å². The number of nitrogens with zero attached hydrogens (tertiary/aromatic N) is 2. The molecule has 2 aliphatic heterocycles. The first-order valence-electron chi connectivity index (χ1n) is 6.54. The van der Waals surface area contributed by atoms with Crippen LogP contribution in [0.5, 0.6) is 0 Å². The Morgan fingerprint density at radius 1 is 1.40 bits per heavy atom. The van der Waals surface area contributed by atoms with E-state index in [2.05, 4.69) is 10.5 Å². The SMILES string of the molecule is CC(NC(=O)C1CC(C(=O)O)=NO1)C(=O)N1CCCC1. The molecule has 0 saturated carbocycles. The number of hydrogen-bond acceptors (Lipinski definition) is 5. The average Bonchev–Trinajstić information content (AvgIpc) is 3.08. The Bertz CT molecular complexity index is 456. The number of carboxylic acids is 1. The minimum Gasteiger partial charge on any atom is -0.477 e. The molecule has 1 fully saturated rings. The fraction of sp³-hybridized carbons (Fsp3) is 0.667. The molecule has 2 atom stereocenters. The lowest BCUT2D eigenvalue weighted by atomic mass is 10.1. The highest BCUT2D eigenvalue weighted by molar-refractivity contribution is 6.36. The van der Waals surface area contributed by atoms with Crippen LogP contribution in [0.1, 0.15) is 26.2 Å². The van der Waals surface area contributed by atoms with E-state index < -0.39 is 24.0 Å². The second kappa shape index (κ2) is 5.89. The van der Waals surface area contributed by atoms with E-state index in [0.717, 1.165) is 12.8 Å². The van der Waals surface area contributed by atoms with E-state index in [9.17, 15) is 14.4 Å². The fourth-order valence-electron chi connectivity index (χ4n) is 2.22. The molecule has 8 heteroatoms. The quantitative estimate of drug-likeness (QED) is 0.712. The van der Waals surface area contributed by atoms with Gasteiger partial charge in [0.2, 0.25) is 12.0 Å². The molecule has 2 unspecified atom stereocenters. The van der Waals surface area contributed by atoms with Gasteiger partial charge >= 0.3 is 5.97 Å². The van der Waals surface area contributed by atoms with Crippen molar-refractivity contribution >= 4 is 23.5 Å². The first kappa shape index (κ1) is 14.3. The molecule has 20 heavy (non-hydrogen) atoms. The molecular formula is C12H17N3O5. The van der Waals surface area contributed by atoms with Crippen LogP contribution >= 0.6 is 0 Å². The molecule has 2 amide bonds. The van der Waals surface area contributed by atoms with Crippen LogP contribution in [0.15, 0.2) is 5.16 Å². The van der Waals surface area contributed by atoms with Crippen LogP contribution in [0.4, 0.5) is 0 Å². The van der Waals surface area contributed by atoms with E-state index in [1.807, 2.05) is 0 Å². The number of amides is 2. The summed E-state index contributed by atoms with van der Waals surface area (Å²) in [5, 5.41) is 14.6. The number of aliphatic carboxylic acids is 1. The van der Waals surface area contributed by atoms with Crippen molar-refractivity contribution in [3.63, 3.8) is 0 Å². The van der Waals surface area contributed by atoms with Crippen molar-refractivity contribution in [2.45, 2.75) is 38.3 Å². The lowest BCUT2D eigenvalue weighted by molar-refractivity contribution is -0.138. The van der Waals surface area contributed by atoms with Crippen molar-refractivity contribution in [2.75, 3.05) is 13.1 Å². The topological polar surface area (TPSA) is 108 Å². The predicted octanol–water partition coefficient (Wildman–Crippen LogP) is -0.657. The summed E-state index contributed by atoms with van der Waals surface area (Å²) in [4.78, 5) is 41.0. The van der Waals surface area contributed by atoms with E-state index in [4.69, 9.17) is 9.94 Å². The maximum absolute atomic E-state index is 12.0. The van der Waals surface area contributed by atoms with Crippen LogP contribution in [0.25, 0.3) is 0 Å². The molecule has 0 aromatic carbocycles. The van der Waals surface area contributed by atoms with Gasteiger partial charge in [-0.2, -0.15) is 0 Å². The Morgan fingerprint density at radius 3 is 2.60 bits per heavy atom. The predicted molar refractivity (Wildman–Crippen MR) is 68.0 cm³/mol. The minimum absolute atomic E-state index is 0.0915. The summed E-state index contributed by atoms with van der Waals surface area (Å²) in [5.74, 6) is -1.86. The van der Waals surface area contributed by atoms with Gasteiger partial charge in [-0.05, 0) is 19.8 Å². The Balaban J connectivity index is 1.83. The van der Waals surface area contributed by atoms with E-state index in [-0.39, 0.29) is 18.0 Å². The molecule has 2 N–H and O–H groups in total. The van der Waals surface area contributed by atoms with Gasteiger partial charge in [0.05, 0.1) is 0 Å². The third-order valence-corrected chi connectivity index (χ3v) is 3.36. The number of carboxylic acid groups (broad SMARTS) is 1. The average molecular weight is 283 g/mol. The summed E-state index contributed by atoms with van der Waals surface area (Å²) in [6.07, 6.45) is 0.892. The van der Waals surface area contributed by atoms with E-state index in [1.165, 1.54) is 0 Å². The van der Waals surface area contributed by atoms with Gasteiger partial charge in [0.25, 0.3) is 5.91 Å². The lowest BCUT2D eigenvalue weighted by Crippen LogP contribution is -2.48. The van der Waals surface area contributed by atoms with Gasteiger partial charge in [0.1, 0.15) is 6.04 Å². The number of likely N-dealkylation sites (tertiary alicyclic amines) is 1. The normalized spacial score (nSPS) is 22.9. The number of carbonyl (C=O) groups excluding carboxylic acids is 2. The Labute approximate surface area is 115 Å². The first-order chi connectivity index (χ1) is 9.49. The number of oxime groups is 1. The van der Waals surface area contributed by atoms with Gasteiger partial charge < -0.3 is 20.2 Å². The third-order valence-electron chi connectivity index (χ3n) is 3.36. The van der Waals surface area contributed by atoms with Crippen LogP contribution in [0.3, 0.4) is 0 Å². The van der Waals surface area contributed by atoms with Crippen molar-refractivity contribution in [3.05, 3.63) is 0 Å². The zero-order valence-corrected chi connectivity index (χ0v) is 11.2. The van der Waals surface area contributed by atoms with Crippen LogP contribution in [0, 0.1) is 0 Å². The van der Waals surface area contributed by atoms with Crippen molar-refractivity contribution in [3.8, 4) is 0 Å².